The van der Waals surface area contributed by atoms with Crippen molar-refractivity contribution in [3.63, 3.8) is 0 Å². The molecule has 0 atom stereocenters. The van der Waals surface area contributed by atoms with E-state index in [-0.39, 0.29) is 12.4 Å². The minimum Gasteiger partial charge on any atom is -0.464 e. The van der Waals surface area contributed by atoms with E-state index in [1.807, 2.05) is 30.3 Å². The maximum Gasteiger partial charge on any atom is 0.134 e. The molecule has 0 aliphatic carbocycles. The summed E-state index contributed by atoms with van der Waals surface area (Å²) in [5.41, 5.74) is 2.97. The number of aryl methyl sites for hydroxylation is 2. The lowest BCUT2D eigenvalue weighted by atomic mass is 10.1. The summed E-state index contributed by atoms with van der Waals surface area (Å²) in [5.74, 6) is 0.200. The molecule has 4 aromatic rings. The highest BCUT2D eigenvalue weighted by atomic mass is 19.1. The van der Waals surface area contributed by atoms with Crippen LogP contribution in [0.15, 0.2) is 65.3 Å². The summed E-state index contributed by atoms with van der Waals surface area (Å²) in [5, 5.41) is 14.9. The van der Waals surface area contributed by atoms with Crippen LogP contribution in [0, 0.1) is 5.82 Å². The van der Waals surface area contributed by atoms with Crippen LogP contribution in [-0.2, 0) is 19.6 Å². The Morgan fingerprint density at radius 2 is 1.92 bits per heavy atom. The van der Waals surface area contributed by atoms with E-state index in [9.17, 15) is 9.50 Å². The molecule has 0 aliphatic rings. The molecule has 2 heterocycles. The monoisotopic (exact) mass is 336 g/mol. The number of benzene rings is 2. The summed E-state index contributed by atoms with van der Waals surface area (Å²) in [6, 6.07) is 16.5. The molecule has 0 bridgehead atoms. The van der Waals surface area contributed by atoms with E-state index in [4.69, 9.17) is 4.42 Å². The molecular weight excluding hydrogens is 319 g/mol. The van der Waals surface area contributed by atoms with Crippen molar-refractivity contribution in [2.45, 2.75) is 19.6 Å². The van der Waals surface area contributed by atoms with E-state index in [0.29, 0.717) is 29.1 Å². The van der Waals surface area contributed by atoms with Crippen molar-refractivity contribution in [1.82, 2.24) is 9.78 Å². The molecular formula is C20H17FN2O2. The third kappa shape index (κ3) is 2.94. The zero-order valence-corrected chi connectivity index (χ0v) is 13.5. The van der Waals surface area contributed by atoms with Gasteiger partial charge in [0.05, 0.1) is 24.1 Å². The molecule has 126 valence electrons. The van der Waals surface area contributed by atoms with Gasteiger partial charge in [0.1, 0.15) is 11.6 Å². The fraction of sp³-hybridized carbons (Fsp3) is 0.150. The van der Waals surface area contributed by atoms with Gasteiger partial charge in [0.2, 0.25) is 0 Å². The van der Waals surface area contributed by atoms with E-state index in [1.165, 1.54) is 17.7 Å². The predicted molar refractivity (Wildman–Crippen MR) is 93.5 cm³/mol. The smallest absolute Gasteiger partial charge is 0.134 e. The average Bonchev–Trinajstić information content (AvgIpc) is 3.28. The highest BCUT2D eigenvalue weighted by molar-refractivity contribution is 5.95. The molecule has 4 rings (SSSR count). The fourth-order valence-corrected chi connectivity index (χ4v) is 3.14. The number of halogens is 1. The summed E-state index contributed by atoms with van der Waals surface area (Å²) in [4.78, 5) is 0. The Kier molecular flexibility index (Phi) is 4.07. The van der Waals surface area contributed by atoms with E-state index in [0.717, 1.165) is 11.8 Å². The Hall–Kier alpha value is -2.92. The van der Waals surface area contributed by atoms with Crippen molar-refractivity contribution < 1.29 is 13.9 Å². The fourth-order valence-electron chi connectivity index (χ4n) is 3.14. The predicted octanol–water partition coefficient (Wildman–Crippen LogP) is 4.17. The Bertz CT molecular complexity index is 992. The molecule has 0 saturated heterocycles. The van der Waals surface area contributed by atoms with Crippen molar-refractivity contribution in [2.75, 3.05) is 0 Å². The van der Waals surface area contributed by atoms with Crippen LogP contribution in [0.25, 0.3) is 22.2 Å². The van der Waals surface area contributed by atoms with E-state index in [2.05, 4.69) is 5.10 Å². The Labute approximate surface area is 144 Å². The molecule has 0 saturated carbocycles. The molecule has 0 aliphatic heterocycles. The van der Waals surface area contributed by atoms with Gasteiger partial charge in [-0.15, -0.1) is 0 Å². The lowest BCUT2D eigenvalue weighted by Crippen LogP contribution is -2.04. The van der Waals surface area contributed by atoms with E-state index >= 15 is 0 Å². The maximum absolute atomic E-state index is 14.2. The first-order chi connectivity index (χ1) is 12.3. The van der Waals surface area contributed by atoms with Gasteiger partial charge in [-0.2, -0.15) is 5.10 Å². The van der Waals surface area contributed by atoms with Crippen molar-refractivity contribution in [2.24, 2.45) is 0 Å². The second kappa shape index (κ2) is 6.53. The van der Waals surface area contributed by atoms with Crippen LogP contribution in [0.3, 0.4) is 0 Å². The summed E-state index contributed by atoms with van der Waals surface area (Å²) in [6.45, 7) is 0.385. The molecule has 0 unspecified atom stereocenters. The van der Waals surface area contributed by atoms with Crippen LogP contribution in [0.2, 0.25) is 0 Å². The van der Waals surface area contributed by atoms with Crippen LogP contribution < -0.4 is 0 Å². The van der Waals surface area contributed by atoms with Crippen molar-refractivity contribution in [1.29, 1.82) is 0 Å². The second-order valence-corrected chi connectivity index (χ2v) is 5.89. The lowest BCUT2D eigenvalue weighted by molar-refractivity contribution is 0.276. The van der Waals surface area contributed by atoms with Gasteiger partial charge in [0, 0.05) is 17.5 Å². The number of rotatable bonds is 5. The molecule has 25 heavy (non-hydrogen) atoms. The Morgan fingerprint density at radius 1 is 1.08 bits per heavy atom. The molecule has 1 N–H and O–H groups in total. The summed E-state index contributed by atoms with van der Waals surface area (Å²) in [7, 11) is 0. The summed E-state index contributed by atoms with van der Waals surface area (Å²) in [6.07, 6.45) is 2.32. The molecule has 0 fully saturated rings. The highest BCUT2D eigenvalue weighted by Gasteiger charge is 2.18. The van der Waals surface area contributed by atoms with Crippen LogP contribution in [-0.4, -0.2) is 14.9 Å². The number of hydrogen-bond donors (Lipinski definition) is 1. The molecule has 4 nitrogen and oxygen atoms in total. The summed E-state index contributed by atoms with van der Waals surface area (Å²) < 4.78 is 21.4. The van der Waals surface area contributed by atoms with Crippen LogP contribution in [0.5, 0.6) is 0 Å². The number of nitrogens with zero attached hydrogens (tertiary/aromatic N) is 2. The molecule has 0 radical (unpaired) electrons. The van der Waals surface area contributed by atoms with Gasteiger partial charge in [-0.3, -0.25) is 4.68 Å². The Morgan fingerprint density at radius 3 is 2.64 bits per heavy atom. The quantitative estimate of drug-likeness (QED) is 0.595. The number of hydrogen-bond acceptors (Lipinski definition) is 3. The number of aliphatic hydroxyl groups is 1. The maximum atomic E-state index is 14.2. The standard InChI is InChI=1S/C20H17FN2O2/c21-15-11-16(19-7-4-10-25-19)20-17(13-24)22-23(18(20)12-15)9-8-14-5-2-1-3-6-14/h1-7,10-12,24H,8-9,13H2. The van der Waals surface area contributed by atoms with Crippen molar-refractivity contribution in [3.8, 4) is 11.3 Å². The second-order valence-electron chi connectivity index (χ2n) is 5.89. The van der Waals surface area contributed by atoms with Gasteiger partial charge in [0.25, 0.3) is 0 Å². The van der Waals surface area contributed by atoms with Crippen LogP contribution >= 0.6 is 0 Å². The number of fused-ring (bicyclic) bond motifs is 1. The zero-order valence-electron chi connectivity index (χ0n) is 13.5. The van der Waals surface area contributed by atoms with Gasteiger partial charge >= 0.3 is 0 Å². The first-order valence-corrected chi connectivity index (χ1v) is 8.14. The van der Waals surface area contributed by atoms with E-state index in [1.54, 1.807) is 23.1 Å². The number of furan rings is 1. The van der Waals surface area contributed by atoms with Gasteiger partial charge in [-0.1, -0.05) is 30.3 Å². The largest absolute Gasteiger partial charge is 0.464 e. The SMILES string of the molecule is OCc1nn(CCc2ccccc2)c2cc(F)cc(-c3ccco3)c12. The van der Waals surface area contributed by atoms with Crippen molar-refractivity contribution >= 4 is 10.9 Å². The van der Waals surface area contributed by atoms with Gasteiger partial charge in [0.15, 0.2) is 0 Å². The summed E-state index contributed by atoms with van der Waals surface area (Å²) >= 11 is 0. The minimum absolute atomic E-state index is 0.214. The van der Waals surface area contributed by atoms with Gasteiger partial charge < -0.3 is 9.52 Å². The minimum atomic E-state index is -0.357. The zero-order chi connectivity index (χ0) is 17.2. The van der Waals surface area contributed by atoms with E-state index < -0.39 is 0 Å². The lowest BCUT2D eigenvalue weighted by Gasteiger charge is -2.06. The van der Waals surface area contributed by atoms with Gasteiger partial charge in [-0.05, 0) is 36.2 Å². The average molecular weight is 336 g/mol. The molecule has 2 aromatic heterocycles. The first kappa shape index (κ1) is 15.6. The first-order valence-electron chi connectivity index (χ1n) is 8.14. The van der Waals surface area contributed by atoms with Crippen molar-refractivity contribution in [3.05, 3.63) is 77.9 Å². The Balaban J connectivity index is 1.81. The molecule has 5 heteroatoms. The normalized spacial score (nSPS) is 11.3. The number of aliphatic hydroxyl groups excluding tert-OH is 1. The molecule has 0 spiro atoms. The van der Waals surface area contributed by atoms with Gasteiger partial charge in [-0.25, -0.2) is 4.39 Å². The third-order valence-electron chi connectivity index (χ3n) is 4.28. The number of aromatic nitrogens is 2. The topological polar surface area (TPSA) is 51.2 Å². The molecule has 0 amide bonds. The highest BCUT2D eigenvalue weighted by Crippen LogP contribution is 2.33. The third-order valence-corrected chi connectivity index (χ3v) is 4.28. The van der Waals surface area contributed by atoms with Crippen LogP contribution in [0.1, 0.15) is 11.3 Å². The van der Waals surface area contributed by atoms with Crippen LogP contribution in [0.4, 0.5) is 4.39 Å². The molecule has 2 aromatic carbocycles.